The van der Waals surface area contributed by atoms with Crippen molar-refractivity contribution in [2.45, 2.75) is 52.5 Å². The maximum Gasteiger partial charge on any atom is 0.0695 e. The molecule has 1 atom stereocenters. The molecule has 1 saturated heterocycles. The molecular weight excluding hydrogens is 260 g/mol. The van der Waals surface area contributed by atoms with Gasteiger partial charge in [-0.2, -0.15) is 5.10 Å². The van der Waals surface area contributed by atoms with Crippen LogP contribution in [0, 0.1) is 5.92 Å². The van der Waals surface area contributed by atoms with E-state index in [1.54, 1.807) is 0 Å². The van der Waals surface area contributed by atoms with Gasteiger partial charge in [0.25, 0.3) is 0 Å². The molecule has 4 heteroatoms. The standard InChI is InChI=1S/C17H30N4/c1-4-20-8-5-6-14(10-20)11-21-9-7-16-15(12-21)17(13(2)3)19-18-16/h13-14H,4-12H2,1-3H3,(H,18,19)/t14-/m0/s1. The first kappa shape index (κ1) is 15.0. The van der Waals surface area contributed by atoms with Crippen molar-refractivity contribution in [1.82, 2.24) is 20.0 Å². The van der Waals surface area contributed by atoms with E-state index in [-0.39, 0.29) is 0 Å². The van der Waals surface area contributed by atoms with Crippen molar-refractivity contribution in [3.8, 4) is 0 Å². The SMILES string of the molecule is CCN1CCC[C@H](CN2CCc3[nH]nc(C(C)C)c3C2)C1. The highest BCUT2D eigenvalue weighted by Gasteiger charge is 2.26. The predicted molar refractivity (Wildman–Crippen MR) is 86.5 cm³/mol. The highest BCUT2D eigenvalue weighted by molar-refractivity contribution is 5.29. The monoisotopic (exact) mass is 290 g/mol. The van der Waals surface area contributed by atoms with Crippen molar-refractivity contribution in [2.75, 3.05) is 32.7 Å². The van der Waals surface area contributed by atoms with E-state index in [1.807, 2.05) is 0 Å². The predicted octanol–water partition coefficient (Wildman–Crippen LogP) is 2.62. The van der Waals surface area contributed by atoms with Crippen LogP contribution in [-0.2, 0) is 13.0 Å². The van der Waals surface area contributed by atoms with E-state index in [9.17, 15) is 0 Å². The molecule has 1 fully saturated rings. The Kier molecular flexibility index (Phi) is 4.65. The molecule has 118 valence electrons. The van der Waals surface area contributed by atoms with Crippen molar-refractivity contribution in [1.29, 1.82) is 0 Å². The van der Waals surface area contributed by atoms with Gasteiger partial charge in [-0.3, -0.25) is 10.00 Å². The van der Waals surface area contributed by atoms with Crippen LogP contribution < -0.4 is 0 Å². The van der Waals surface area contributed by atoms with Crippen molar-refractivity contribution in [3.63, 3.8) is 0 Å². The van der Waals surface area contributed by atoms with E-state index in [2.05, 4.69) is 40.8 Å². The smallest absolute Gasteiger partial charge is 0.0695 e. The third-order valence-corrected chi connectivity index (χ3v) is 5.16. The number of rotatable bonds is 4. The number of piperidine rings is 1. The van der Waals surface area contributed by atoms with Gasteiger partial charge in [0, 0.05) is 43.9 Å². The summed E-state index contributed by atoms with van der Waals surface area (Å²) in [4.78, 5) is 5.27. The molecule has 0 amide bonds. The van der Waals surface area contributed by atoms with Crippen LogP contribution in [-0.4, -0.2) is 52.7 Å². The summed E-state index contributed by atoms with van der Waals surface area (Å²) in [5.74, 6) is 1.38. The maximum absolute atomic E-state index is 4.54. The van der Waals surface area contributed by atoms with Gasteiger partial charge in [-0.1, -0.05) is 20.8 Å². The third-order valence-electron chi connectivity index (χ3n) is 5.16. The number of likely N-dealkylation sites (tertiary alicyclic amines) is 1. The molecular formula is C17H30N4. The Labute approximate surface area is 128 Å². The Morgan fingerprint density at radius 3 is 2.90 bits per heavy atom. The summed E-state index contributed by atoms with van der Waals surface area (Å²) in [7, 11) is 0. The van der Waals surface area contributed by atoms with Crippen LogP contribution >= 0.6 is 0 Å². The molecule has 4 nitrogen and oxygen atoms in total. The topological polar surface area (TPSA) is 35.2 Å². The quantitative estimate of drug-likeness (QED) is 0.926. The summed E-state index contributed by atoms with van der Waals surface area (Å²) in [5, 5.41) is 7.81. The lowest BCUT2D eigenvalue weighted by atomic mass is 9.95. The normalized spacial score (nSPS) is 24.5. The molecule has 0 aliphatic carbocycles. The number of aromatic nitrogens is 2. The summed E-state index contributed by atoms with van der Waals surface area (Å²) < 4.78 is 0. The van der Waals surface area contributed by atoms with Crippen LogP contribution in [0.2, 0.25) is 0 Å². The molecule has 0 saturated carbocycles. The summed E-state index contributed by atoms with van der Waals surface area (Å²) >= 11 is 0. The molecule has 0 unspecified atom stereocenters. The Morgan fingerprint density at radius 2 is 2.14 bits per heavy atom. The lowest BCUT2D eigenvalue weighted by Crippen LogP contribution is -2.42. The van der Waals surface area contributed by atoms with Crippen molar-refractivity contribution in [3.05, 3.63) is 17.0 Å². The van der Waals surface area contributed by atoms with Crippen LogP contribution in [0.15, 0.2) is 0 Å². The van der Waals surface area contributed by atoms with E-state index >= 15 is 0 Å². The van der Waals surface area contributed by atoms with E-state index < -0.39 is 0 Å². The molecule has 0 radical (unpaired) electrons. The fraction of sp³-hybridized carbons (Fsp3) is 0.824. The molecule has 3 rings (SSSR count). The molecule has 1 aromatic rings. The third kappa shape index (κ3) is 3.32. The molecule has 0 spiro atoms. The van der Waals surface area contributed by atoms with Crippen molar-refractivity contribution in [2.24, 2.45) is 5.92 Å². The lowest BCUT2D eigenvalue weighted by Gasteiger charge is -2.36. The molecule has 21 heavy (non-hydrogen) atoms. The van der Waals surface area contributed by atoms with Gasteiger partial charge in [0.2, 0.25) is 0 Å². The second kappa shape index (κ2) is 6.49. The van der Waals surface area contributed by atoms with E-state index in [0.29, 0.717) is 5.92 Å². The zero-order valence-corrected chi connectivity index (χ0v) is 13.9. The Bertz CT molecular complexity index is 465. The fourth-order valence-corrected chi connectivity index (χ4v) is 3.96. The van der Waals surface area contributed by atoms with E-state index in [1.165, 1.54) is 62.5 Å². The number of nitrogens with zero attached hydrogens (tertiary/aromatic N) is 3. The molecule has 0 aromatic carbocycles. The zero-order chi connectivity index (χ0) is 14.8. The number of H-pyrrole nitrogens is 1. The molecule has 1 N–H and O–H groups in total. The minimum atomic E-state index is 0.523. The van der Waals surface area contributed by atoms with Crippen molar-refractivity contribution >= 4 is 0 Å². The van der Waals surface area contributed by atoms with Gasteiger partial charge in [-0.25, -0.2) is 0 Å². The van der Waals surface area contributed by atoms with Crippen molar-refractivity contribution < 1.29 is 0 Å². The minimum Gasteiger partial charge on any atom is -0.303 e. The summed E-state index contributed by atoms with van der Waals surface area (Å²) in [6.45, 7) is 14.1. The average molecular weight is 290 g/mol. The Balaban J connectivity index is 1.62. The highest BCUT2D eigenvalue weighted by atomic mass is 15.2. The van der Waals surface area contributed by atoms with Gasteiger partial charge < -0.3 is 4.90 Å². The Morgan fingerprint density at radius 1 is 1.29 bits per heavy atom. The van der Waals surface area contributed by atoms with Gasteiger partial charge in [0.1, 0.15) is 0 Å². The maximum atomic E-state index is 4.54. The van der Waals surface area contributed by atoms with Gasteiger partial charge in [-0.15, -0.1) is 0 Å². The second-order valence-electron chi connectivity index (χ2n) is 7.11. The first-order valence-electron chi connectivity index (χ1n) is 8.68. The lowest BCUT2D eigenvalue weighted by molar-refractivity contribution is 0.130. The van der Waals surface area contributed by atoms with Gasteiger partial charge in [0.15, 0.2) is 0 Å². The number of fused-ring (bicyclic) bond motifs is 1. The molecule has 2 aliphatic rings. The number of nitrogens with one attached hydrogen (secondary N) is 1. The molecule has 3 heterocycles. The largest absolute Gasteiger partial charge is 0.303 e. The van der Waals surface area contributed by atoms with Gasteiger partial charge in [0.05, 0.1) is 5.69 Å². The van der Waals surface area contributed by atoms with Crippen LogP contribution in [0.4, 0.5) is 0 Å². The summed E-state index contributed by atoms with van der Waals surface area (Å²) in [6.07, 6.45) is 3.92. The van der Waals surface area contributed by atoms with Crippen LogP contribution in [0.1, 0.15) is 56.5 Å². The van der Waals surface area contributed by atoms with E-state index in [0.717, 1.165) is 18.9 Å². The van der Waals surface area contributed by atoms with Gasteiger partial charge >= 0.3 is 0 Å². The number of hydrogen-bond donors (Lipinski definition) is 1. The summed E-state index contributed by atoms with van der Waals surface area (Å²) in [6, 6.07) is 0. The van der Waals surface area contributed by atoms with Crippen LogP contribution in [0.3, 0.4) is 0 Å². The molecule has 1 aromatic heterocycles. The average Bonchev–Trinajstić information content (AvgIpc) is 2.91. The van der Waals surface area contributed by atoms with Gasteiger partial charge in [-0.05, 0) is 37.8 Å². The first-order chi connectivity index (χ1) is 10.2. The zero-order valence-electron chi connectivity index (χ0n) is 13.9. The second-order valence-corrected chi connectivity index (χ2v) is 7.11. The van der Waals surface area contributed by atoms with E-state index in [4.69, 9.17) is 0 Å². The minimum absolute atomic E-state index is 0.523. The number of hydrogen-bond acceptors (Lipinski definition) is 3. The van der Waals surface area contributed by atoms with Crippen LogP contribution in [0.25, 0.3) is 0 Å². The summed E-state index contributed by atoms with van der Waals surface area (Å²) in [5.41, 5.74) is 4.15. The molecule has 2 aliphatic heterocycles. The fourth-order valence-electron chi connectivity index (χ4n) is 3.96. The number of aromatic amines is 1. The highest BCUT2D eigenvalue weighted by Crippen LogP contribution is 2.27. The first-order valence-corrected chi connectivity index (χ1v) is 8.68. The van der Waals surface area contributed by atoms with Crippen LogP contribution in [0.5, 0.6) is 0 Å². The molecule has 0 bridgehead atoms. The Hall–Kier alpha value is -0.870.